The van der Waals surface area contributed by atoms with Crippen LogP contribution in [0.2, 0.25) is 0 Å². The molecule has 0 amide bonds. The van der Waals surface area contributed by atoms with Gasteiger partial charge in [0.05, 0.1) is 17.1 Å². The van der Waals surface area contributed by atoms with E-state index in [1.807, 2.05) is 0 Å². The highest BCUT2D eigenvalue weighted by atomic mass is 15.5. The summed E-state index contributed by atoms with van der Waals surface area (Å²) in [4.78, 5) is 4.62. The van der Waals surface area contributed by atoms with Gasteiger partial charge in [0.1, 0.15) is 0 Å². The van der Waals surface area contributed by atoms with Gasteiger partial charge < -0.3 is 15.1 Å². The maximum absolute atomic E-state index is 3.61. The van der Waals surface area contributed by atoms with Gasteiger partial charge in [0.2, 0.25) is 0 Å². The fourth-order valence-electron chi connectivity index (χ4n) is 3.14. The molecule has 1 atom stereocenters. The molecule has 2 aromatic rings. The van der Waals surface area contributed by atoms with E-state index in [0.717, 1.165) is 0 Å². The van der Waals surface area contributed by atoms with Crippen molar-refractivity contribution in [2.24, 2.45) is 0 Å². The number of hydrogen-bond donors (Lipinski definition) is 1. The highest BCUT2D eigenvalue weighted by molar-refractivity contribution is 5.84. The summed E-state index contributed by atoms with van der Waals surface area (Å²) in [7, 11) is 2.14. The van der Waals surface area contributed by atoms with Gasteiger partial charge >= 0.3 is 0 Å². The third kappa shape index (κ3) is 1.74. The van der Waals surface area contributed by atoms with E-state index in [4.69, 9.17) is 0 Å². The highest BCUT2D eigenvalue weighted by Crippen LogP contribution is 2.43. The highest BCUT2D eigenvalue weighted by Gasteiger charge is 2.37. The first-order valence-corrected chi connectivity index (χ1v) is 7.31. The van der Waals surface area contributed by atoms with Crippen LogP contribution in [0.15, 0.2) is 48.7 Å². The molecule has 0 radical (unpaired) electrons. The Kier molecular flexibility index (Phi) is 2.52. The van der Waals surface area contributed by atoms with Gasteiger partial charge in [-0.2, -0.15) is 0 Å². The number of nitrogens with zero attached hydrogens (tertiary/aromatic N) is 2. The van der Waals surface area contributed by atoms with Crippen LogP contribution in [0.3, 0.4) is 0 Å². The van der Waals surface area contributed by atoms with Gasteiger partial charge in [0.15, 0.2) is 6.29 Å². The first-order chi connectivity index (χ1) is 10.1. The van der Waals surface area contributed by atoms with Crippen molar-refractivity contribution < 1.29 is 0 Å². The SMILES string of the molecule is Cc1cc2c(cc1C)N1C=C(c3ccccc3)N(C)C1N2. The summed E-state index contributed by atoms with van der Waals surface area (Å²) < 4.78 is 0. The summed E-state index contributed by atoms with van der Waals surface area (Å²) in [5.74, 6) is 0. The molecule has 0 fully saturated rings. The van der Waals surface area contributed by atoms with E-state index in [-0.39, 0.29) is 6.29 Å². The van der Waals surface area contributed by atoms with Crippen LogP contribution in [0.5, 0.6) is 0 Å². The smallest absolute Gasteiger partial charge is 0.182 e. The number of rotatable bonds is 1. The molecule has 0 saturated heterocycles. The van der Waals surface area contributed by atoms with Crippen molar-refractivity contribution in [3.63, 3.8) is 0 Å². The Hall–Kier alpha value is -2.42. The van der Waals surface area contributed by atoms with Crippen LogP contribution in [0.4, 0.5) is 11.4 Å². The van der Waals surface area contributed by atoms with Gasteiger partial charge in [-0.15, -0.1) is 0 Å². The summed E-state index contributed by atoms with van der Waals surface area (Å²) in [5, 5.41) is 3.61. The zero-order chi connectivity index (χ0) is 14.6. The van der Waals surface area contributed by atoms with Gasteiger partial charge in [0.25, 0.3) is 0 Å². The minimum Gasteiger partial charge on any atom is -0.346 e. The van der Waals surface area contributed by atoms with E-state index in [1.54, 1.807) is 0 Å². The Labute approximate surface area is 125 Å². The van der Waals surface area contributed by atoms with Crippen LogP contribution in [0.1, 0.15) is 16.7 Å². The first kappa shape index (κ1) is 12.3. The molecule has 2 aliphatic rings. The lowest BCUT2D eigenvalue weighted by atomic mass is 10.1. The number of aryl methyl sites for hydroxylation is 2. The number of hydrogen-bond acceptors (Lipinski definition) is 3. The molecule has 1 N–H and O–H groups in total. The molecule has 106 valence electrons. The first-order valence-electron chi connectivity index (χ1n) is 7.31. The number of fused-ring (bicyclic) bond motifs is 3. The molecule has 1 unspecified atom stereocenters. The lowest BCUT2D eigenvalue weighted by molar-refractivity contribution is 0.418. The average Bonchev–Trinajstić information content (AvgIpc) is 2.98. The van der Waals surface area contributed by atoms with Crippen molar-refractivity contribution >= 4 is 17.1 Å². The number of anilines is 2. The van der Waals surface area contributed by atoms with Crippen molar-refractivity contribution in [3.8, 4) is 0 Å². The van der Waals surface area contributed by atoms with Crippen LogP contribution in [0.25, 0.3) is 5.70 Å². The van der Waals surface area contributed by atoms with E-state index in [9.17, 15) is 0 Å². The van der Waals surface area contributed by atoms with Crippen molar-refractivity contribution in [1.29, 1.82) is 0 Å². The Bertz CT molecular complexity index is 734. The summed E-state index contributed by atoms with van der Waals surface area (Å²) >= 11 is 0. The molecule has 2 aromatic carbocycles. The molecule has 21 heavy (non-hydrogen) atoms. The quantitative estimate of drug-likeness (QED) is 0.856. The molecule has 0 saturated carbocycles. The topological polar surface area (TPSA) is 18.5 Å². The van der Waals surface area contributed by atoms with Crippen LogP contribution in [-0.2, 0) is 0 Å². The van der Waals surface area contributed by atoms with E-state index in [0.29, 0.717) is 0 Å². The minimum absolute atomic E-state index is 0.177. The fourth-order valence-corrected chi connectivity index (χ4v) is 3.14. The molecular weight excluding hydrogens is 258 g/mol. The van der Waals surface area contributed by atoms with Crippen molar-refractivity contribution in [2.75, 3.05) is 17.3 Å². The standard InChI is InChI=1S/C18H19N3/c1-12-9-15-16(10-13(12)2)21-11-17(20(3)18(21)19-15)14-7-5-4-6-8-14/h4-11,18-19H,1-3H3. The molecule has 0 aromatic heterocycles. The summed E-state index contributed by atoms with van der Waals surface area (Å²) in [6, 6.07) is 15.1. The third-order valence-corrected chi connectivity index (χ3v) is 4.52. The van der Waals surface area contributed by atoms with Gasteiger partial charge in [-0.3, -0.25) is 0 Å². The lowest BCUT2D eigenvalue weighted by Crippen LogP contribution is -2.39. The average molecular weight is 277 g/mol. The maximum Gasteiger partial charge on any atom is 0.182 e. The Morgan fingerprint density at radius 2 is 1.71 bits per heavy atom. The molecule has 2 aliphatic heterocycles. The second-order valence-electron chi connectivity index (χ2n) is 5.87. The predicted octanol–water partition coefficient (Wildman–Crippen LogP) is 3.76. The number of nitrogens with one attached hydrogen (secondary N) is 1. The molecule has 4 rings (SSSR count). The fraction of sp³-hybridized carbons (Fsp3) is 0.222. The van der Waals surface area contributed by atoms with Crippen molar-refractivity contribution in [1.82, 2.24) is 4.90 Å². The molecule has 3 heteroatoms. The van der Waals surface area contributed by atoms with Crippen LogP contribution < -0.4 is 10.2 Å². The number of benzene rings is 2. The van der Waals surface area contributed by atoms with E-state index >= 15 is 0 Å². The Morgan fingerprint density at radius 3 is 2.48 bits per heavy atom. The van der Waals surface area contributed by atoms with Gasteiger partial charge in [0, 0.05) is 13.2 Å². The Balaban J connectivity index is 1.79. The van der Waals surface area contributed by atoms with Crippen LogP contribution in [-0.4, -0.2) is 18.2 Å². The molecule has 0 bridgehead atoms. The monoisotopic (exact) mass is 277 g/mol. The zero-order valence-electron chi connectivity index (χ0n) is 12.6. The van der Waals surface area contributed by atoms with Crippen molar-refractivity contribution in [2.45, 2.75) is 20.1 Å². The van der Waals surface area contributed by atoms with E-state index in [1.165, 1.54) is 33.8 Å². The van der Waals surface area contributed by atoms with E-state index < -0.39 is 0 Å². The molecular formula is C18H19N3. The predicted molar refractivity (Wildman–Crippen MR) is 88.0 cm³/mol. The second kappa shape index (κ2) is 4.29. The zero-order valence-corrected chi connectivity index (χ0v) is 12.6. The summed E-state index contributed by atoms with van der Waals surface area (Å²) in [5.41, 5.74) is 7.65. The lowest BCUT2D eigenvalue weighted by Gasteiger charge is -2.25. The van der Waals surface area contributed by atoms with Gasteiger partial charge in [-0.25, -0.2) is 0 Å². The van der Waals surface area contributed by atoms with Crippen LogP contribution in [0, 0.1) is 13.8 Å². The van der Waals surface area contributed by atoms with Crippen molar-refractivity contribution in [3.05, 3.63) is 65.4 Å². The summed E-state index contributed by atoms with van der Waals surface area (Å²) in [6.45, 7) is 4.33. The van der Waals surface area contributed by atoms with Gasteiger partial charge in [-0.1, -0.05) is 30.3 Å². The normalized spacial score (nSPS) is 19.2. The minimum atomic E-state index is 0.177. The maximum atomic E-state index is 3.61. The van der Waals surface area contributed by atoms with Gasteiger partial charge in [-0.05, 0) is 42.7 Å². The summed E-state index contributed by atoms with van der Waals surface area (Å²) in [6.07, 6.45) is 2.42. The largest absolute Gasteiger partial charge is 0.346 e. The molecule has 2 heterocycles. The van der Waals surface area contributed by atoms with E-state index in [2.05, 4.69) is 84.7 Å². The molecule has 0 aliphatic carbocycles. The third-order valence-electron chi connectivity index (χ3n) is 4.52. The molecule has 0 spiro atoms. The van der Waals surface area contributed by atoms with Crippen LogP contribution >= 0.6 is 0 Å². The Morgan fingerprint density at radius 1 is 1.00 bits per heavy atom. The second-order valence-corrected chi connectivity index (χ2v) is 5.87. The molecule has 3 nitrogen and oxygen atoms in total.